The molecule has 0 spiro atoms. The smallest absolute Gasteiger partial charge is 0.332 e. The van der Waals surface area contributed by atoms with Crippen LogP contribution in [0.2, 0.25) is 0 Å². The zero-order chi connectivity index (χ0) is 20.3. The molecule has 0 unspecified atom stereocenters. The highest BCUT2D eigenvalue weighted by Gasteiger charge is 2.43. The van der Waals surface area contributed by atoms with Crippen molar-refractivity contribution < 1.29 is 19.1 Å². The summed E-state index contributed by atoms with van der Waals surface area (Å²) in [4.78, 5) is 39.9. The van der Waals surface area contributed by atoms with Crippen LogP contribution in [-0.2, 0) is 16.1 Å². The van der Waals surface area contributed by atoms with Gasteiger partial charge in [0.05, 0.1) is 7.11 Å². The number of ether oxygens (including phenoxy) is 1. The van der Waals surface area contributed by atoms with Crippen molar-refractivity contribution in [1.82, 2.24) is 10.2 Å². The van der Waals surface area contributed by atoms with E-state index in [0.29, 0.717) is 12.2 Å². The Labute approximate surface area is 163 Å². The lowest BCUT2D eigenvalue weighted by Gasteiger charge is -2.19. The molecule has 0 aromatic heterocycles. The molecule has 1 fully saturated rings. The molecule has 7 nitrogen and oxygen atoms in total. The van der Waals surface area contributed by atoms with Crippen molar-refractivity contribution in [3.05, 3.63) is 59.7 Å². The topological polar surface area (TPSA) is 79.0 Å². The Balaban J connectivity index is 1.62. The first-order chi connectivity index (χ1) is 13.4. The minimum absolute atomic E-state index is 0.302. The van der Waals surface area contributed by atoms with Crippen LogP contribution in [0.25, 0.3) is 0 Å². The summed E-state index contributed by atoms with van der Waals surface area (Å²) in [5, 5.41) is 2.74. The molecule has 1 aliphatic rings. The predicted molar refractivity (Wildman–Crippen MR) is 105 cm³/mol. The largest absolute Gasteiger partial charge is 0.497 e. The van der Waals surface area contributed by atoms with Gasteiger partial charge in [0.2, 0.25) is 5.91 Å². The number of hydrogen-bond acceptors (Lipinski definition) is 4. The summed E-state index contributed by atoms with van der Waals surface area (Å²) >= 11 is 0. The number of aryl methyl sites for hydroxylation is 1. The van der Waals surface area contributed by atoms with Crippen LogP contribution in [0.1, 0.15) is 18.1 Å². The molecule has 2 aromatic carbocycles. The van der Waals surface area contributed by atoms with Gasteiger partial charge in [-0.3, -0.25) is 19.4 Å². The standard InChI is InChI=1S/C21H23N3O4/c1-14-4-8-17(9-5-14)24-15(2)20(26)23(21(24)27)13-19(25)22-12-16-6-10-18(28-3)11-7-16/h4-11,15H,12-13H2,1-3H3,(H,22,25)/t15-/m1/s1. The van der Waals surface area contributed by atoms with Crippen molar-refractivity contribution >= 4 is 23.5 Å². The zero-order valence-corrected chi connectivity index (χ0v) is 16.1. The number of imide groups is 1. The molecule has 1 N–H and O–H groups in total. The Morgan fingerprint density at radius 1 is 1.07 bits per heavy atom. The van der Waals surface area contributed by atoms with Gasteiger partial charge in [-0.2, -0.15) is 0 Å². The molecule has 1 aliphatic heterocycles. The SMILES string of the molecule is COc1ccc(CNC(=O)CN2C(=O)[C@@H](C)N(c3ccc(C)cc3)C2=O)cc1. The zero-order valence-electron chi connectivity index (χ0n) is 16.1. The van der Waals surface area contributed by atoms with E-state index < -0.39 is 18.0 Å². The second-order valence-corrected chi connectivity index (χ2v) is 6.71. The summed E-state index contributed by atoms with van der Waals surface area (Å²) in [7, 11) is 1.59. The van der Waals surface area contributed by atoms with Gasteiger partial charge in [0.25, 0.3) is 5.91 Å². The van der Waals surface area contributed by atoms with Crippen LogP contribution in [0.5, 0.6) is 5.75 Å². The monoisotopic (exact) mass is 381 g/mol. The van der Waals surface area contributed by atoms with Crippen molar-refractivity contribution in [2.45, 2.75) is 26.4 Å². The molecule has 0 bridgehead atoms. The fourth-order valence-corrected chi connectivity index (χ4v) is 3.05. The molecule has 0 aliphatic carbocycles. The maximum absolute atomic E-state index is 12.7. The summed E-state index contributed by atoms with van der Waals surface area (Å²) in [6, 6.07) is 13.5. The number of carbonyl (C=O) groups excluding carboxylic acids is 3. The first-order valence-corrected chi connectivity index (χ1v) is 9.01. The van der Waals surface area contributed by atoms with E-state index in [9.17, 15) is 14.4 Å². The summed E-state index contributed by atoms with van der Waals surface area (Å²) in [5.41, 5.74) is 2.59. The van der Waals surface area contributed by atoms with Crippen LogP contribution in [0.4, 0.5) is 10.5 Å². The molecule has 1 saturated heterocycles. The Bertz CT molecular complexity index is 878. The maximum atomic E-state index is 12.7. The predicted octanol–water partition coefficient (Wildman–Crippen LogP) is 2.48. The third-order valence-electron chi connectivity index (χ3n) is 4.71. The van der Waals surface area contributed by atoms with Crippen molar-refractivity contribution in [2.24, 2.45) is 0 Å². The first kappa shape index (κ1) is 19.4. The Morgan fingerprint density at radius 3 is 2.32 bits per heavy atom. The number of amides is 4. The molecule has 1 heterocycles. The third kappa shape index (κ3) is 3.98. The second-order valence-electron chi connectivity index (χ2n) is 6.71. The average molecular weight is 381 g/mol. The summed E-state index contributed by atoms with van der Waals surface area (Å²) < 4.78 is 5.10. The number of nitrogens with one attached hydrogen (secondary N) is 1. The summed E-state index contributed by atoms with van der Waals surface area (Å²) in [6.45, 7) is 3.61. The molecular formula is C21H23N3O4. The Hall–Kier alpha value is -3.35. The minimum Gasteiger partial charge on any atom is -0.497 e. The number of urea groups is 1. The second kappa shape index (κ2) is 8.12. The molecule has 0 saturated carbocycles. The molecule has 0 radical (unpaired) electrons. The van der Waals surface area contributed by atoms with Gasteiger partial charge in [-0.25, -0.2) is 4.79 Å². The van der Waals surface area contributed by atoms with Gasteiger partial charge < -0.3 is 10.1 Å². The number of carbonyl (C=O) groups is 3. The van der Waals surface area contributed by atoms with E-state index in [-0.39, 0.29) is 12.5 Å². The van der Waals surface area contributed by atoms with Gasteiger partial charge in [-0.1, -0.05) is 29.8 Å². The number of methoxy groups -OCH3 is 1. The summed E-state index contributed by atoms with van der Waals surface area (Å²) in [6.07, 6.45) is 0. The van der Waals surface area contributed by atoms with E-state index in [1.165, 1.54) is 4.90 Å². The highest BCUT2D eigenvalue weighted by molar-refractivity contribution is 6.15. The van der Waals surface area contributed by atoms with Crippen LogP contribution < -0.4 is 15.0 Å². The maximum Gasteiger partial charge on any atom is 0.332 e. The van der Waals surface area contributed by atoms with Crippen LogP contribution in [0.15, 0.2) is 48.5 Å². The summed E-state index contributed by atoms with van der Waals surface area (Å²) in [5.74, 6) is -0.0471. The molecular weight excluding hydrogens is 358 g/mol. The van der Waals surface area contributed by atoms with Crippen molar-refractivity contribution in [2.75, 3.05) is 18.6 Å². The fourth-order valence-electron chi connectivity index (χ4n) is 3.05. The Kier molecular flexibility index (Phi) is 5.63. The van der Waals surface area contributed by atoms with Crippen molar-refractivity contribution in [3.63, 3.8) is 0 Å². The molecule has 4 amide bonds. The van der Waals surface area contributed by atoms with Gasteiger partial charge in [-0.15, -0.1) is 0 Å². The first-order valence-electron chi connectivity index (χ1n) is 9.01. The molecule has 28 heavy (non-hydrogen) atoms. The Morgan fingerprint density at radius 2 is 1.71 bits per heavy atom. The van der Waals surface area contributed by atoms with Crippen LogP contribution in [0.3, 0.4) is 0 Å². The van der Waals surface area contributed by atoms with E-state index in [1.54, 1.807) is 38.3 Å². The lowest BCUT2D eigenvalue weighted by molar-refractivity contribution is -0.131. The number of benzene rings is 2. The average Bonchev–Trinajstić information content (AvgIpc) is 2.91. The number of anilines is 1. The molecule has 1 atom stereocenters. The van der Waals surface area contributed by atoms with Crippen LogP contribution in [0, 0.1) is 6.92 Å². The van der Waals surface area contributed by atoms with Gasteiger partial charge in [-0.05, 0) is 43.7 Å². The molecule has 146 valence electrons. The van der Waals surface area contributed by atoms with Gasteiger partial charge >= 0.3 is 6.03 Å². The fraction of sp³-hybridized carbons (Fsp3) is 0.286. The van der Waals surface area contributed by atoms with E-state index in [1.807, 2.05) is 31.2 Å². The van der Waals surface area contributed by atoms with Crippen molar-refractivity contribution in [3.8, 4) is 5.75 Å². The normalized spacial score (nSPS) is 16.5. The minimum atomic E-state index is -0.649. The third-order valence-corrected chi connectivity index (χ3v) is 4.71. The molecule has 7 heteroatoms. The molecule has 2 aromatic rings. The number of rotatable bonds is 6. The lowest BCUT2D eigenvalue weighted by Crippen LogP contribution is -2.41. The number of hydrogen-bond donors (Lipinski definition) is 1. The van der Waals surface area contributed by atoms with Crippen molar-refractivity contribution in [1.29, 1.82) is 0 Å². The van der Waals surface area contributed by atoms with E-state index >= 15 is 0 Å². The highest BCUT2D eigenvalue weighted by Crippen LogP contribution is 2.25. The van der Waals surface area contributed by atoms with Gasteiger partial charge in [0.15, 0.2) is 0 Å². The highest BCUT2D eigenvalue weighted by atomic mass is 16.5. The molecule has 3 rings (SSSR count). The van der Waals surface area contributed by atoms with E-state index in [0.717, 1.165) is 21.8 Å². The van der Waals surface area contributed by atoms with E-state index in [4.69, 9.17) is 4.74 Å². The van der Waals surface area contributed by atoms with Crippen LogP contribution in [-0.4, -0.2) is 42.4 Å². The van der Waals surface area contributed by atoms with Crippen LogP contribution >= 0.6 is 0 Å². The lowest BCUT2D eigenvalue weighted by atomic mass is 10.2. The van der Waals surface area contributed by atoms with E-state index in [2.05, 4.69) is 5.32 Å². The number of nitrogens with zero attached hydrogens (tertiary/aromatic N) is 2. The van der Waals surface area contributed by atoms with Gasteiger partial charge in [0, 0.05) is 12.2 Å². The van der Waals surface area contributed by atoms with Gasteiger partial charge in [0.1, 0.15) is 18.3 Å². The quantitative estimate of drug-likeness (QED) is 0.780.